The van der Waals surface area contributed by atoms with Gasteiger partial charge in [-0.25, -0.2) is 4.98 Å². The Kier molecular flexibility index (Phi) is 5.81. The molecule has 0 saturated carbocycles. The van der Waals surface area contributed by atoms with Gasteiger partial charge in [0.2, 0.25) is 5.95 Å². The smallest absolute Gasteiger partial charge is 0.238 e. The van der Waals surface area contributed by atoms with Crippen molar-refractivity contribution in [2.24, 2.45) is 0 Å². The highest BCUT2D eigenvalue weighted by Gasteiger charge is 2.20. The Balaban J connectivity index is 1.20. The van der Waals surface area contributed by atoms with Gasteiger partial charge in [-0.3, -0.25) is 4.57 Å². The number of aromatic nitrogens is 4. The second-order valence-corrected chi connectivity index (χ2v) is 12.1. The Bertz CT molecular complexity index is 2800. The van der Waals surface area contributed by atoms with Crippen LogP contribution in [0.2, 0.25) is 0 Å². The van der Waals surface area contributed by atoms with Crippen LogP contribution < -0.4 is 0 Å². The van der Waals surface area contributed by atoms with E-state index in [0.29, 0.717) is 17.6 Å². The minimum Gasteiger partial charge on any atom is -0.456 e. The molecule has 224 valence electrons. The normalized spacial score (nSPS) is 11.8. The molecular formula is C43H26N4O. The Morgan fingerprint density at radius 3 is 1.90 bits per heavy atom. The number of benzene rings is 7. The van der Waals surface area contributed by atoms with Crippen LogP contribution in [0.25, 0.3) is 94.4 Å². The molecule has 0 atom stereocenters. The molecule has 0 saturated heterocycles. The van der Waals surface area contributed by atoms with Crippen molar-refractivity contribution in [2.75, 3.05) is 0 Å². The van der Waals surface area contributed by atoms with E-state index in [1.54, 1.807) is 0 Å². The summed E-state index contributed by atoms with van der Waals surface area (Å²) < 4.78 is 8.67. The predicted molar refractivity (Wildman–Crippen MR) is 195 cm³/mol. The molecule has 0 N–H and O–H groups in total. The van der Waals surface area contributed by atoms with Crippen molar-refractivity contribution in [3.63, 3.8) is 0 Å². The average Bonchev–Trinajstić information content (AvgIpc) is 3.70. The van der Waals surface area contributed by atoms with Gasteiger partial charge in [0.1, 0.15) is 11.2 Å². The lowest BCUT2D eigenvalue weighted by molar-refractivity contribution is 0.669. The fourth-order valence-electron chi connectivity index (χ4n) is 7.00. The standard InChI is InChI=1S/C43H26N4O/c1-2-12-28(13-3-1)41-44-42(46-43(45-41)47-36-18-8-6-15-32(36)33-16-7-9-19-37(33)47)35-17-10-20-38-40(35)34-24-23-31(26-39(34)48-38)30-22-21-27-11-4-5-14-29(27)25-30/h1-26H. The van der Waals surface area contributed by atoms with Crippen LogP contribution in [0.3, 0.4) is 0 Å². The summed E-state index contributed by atoms with van der Waals surface area (Å²) in [7, 11) is 0. The number of hydrogen-bond acceptors (Lipinski definition) is 4. The molecule has 0 amide bonds. The first-order valence-corrected chi connectivity index (χ1v) is 16.0. The van der Waals surface area contributed by atoms with E-state index in [1.807, 2.05) is 42.5 Å². The largest absolute Gasteiger partial charge is 0.456 e. The van der Waals surface area contributed by atoms with E-state index >= 15 is 0 Å². The zero-order valence-corrected chi connectivity index (χ0v) is 25.7. The SMILES string of the molecule is c1ccc(-c2nc(-c3cccc4oc5cc(-c6ccc7ccccc7c6)ccc5c34)nc(-n3c4ccccc4c4ccccc43)n2)cc1. The van der Waals surface area contributed by atoms with Gasteiger partial charge in [0.25, 0.3) is 0 Å². The van der Waals surface area contributed by atoms with Crippen molar-refractivity contribution < 1.29 is 4.42 Å². The Morgan fingerprint density at radius 2 is 1.08 bits per heavy atom. The van der Waals surface area contributed by atoms with Gasteiger partial charge in [-0.15, -0.1) is 0 Å². The highest BCUT2D eigenvalue weighted by molar-refractivity contribution is 6.13. The number of hydrogen-bond donors (Lipinski definition) is 0. The molecule has 0 aliphatic carbocycles. The van der Waals surface area contributed by atoms with Crippen LogP contribution in [0, 0.1) is 0 Å². The lowest BCUT2D eigenvalue weighted by atomic mass is 9.99. The maximum Gasteiger partial charge on any atom is 0.238 e. The molecule has 0 aliphatic heterocycles. The second kappa shape index (κ2) is 10.5. The third-order valence-corrected chi connectivity index (χ3v) is 9.26. The second-order valence-electron chi connectivity index (χ2n) is 12.1. The zero-order valence-electron chi connectivity index (χ0n) is 25.7. The summed E-state index contributed by atoms with van der Waals surface area (Å²) in [5, 5.41) is 6.75. The number of para-hydroxylation sites is 2. The number of rotatable bonds is 4. The summed E-state index contributed by atoms with van der Waals surface area (Å²) in [6.07, 6.45) is 0. The van der Waals surface area contributed by atoms with Gasteiger partial charge >= 0.3 is 0 Å². The fraction of sp³-hybridized carbons (Fsp3) is 0. The molecule has 10 rings (SSSR count). The first kappa shape index (κ1) is 26.6. The topological polar surface area (TPSA) is 56.7 Å². The molecule has 5 heteroatoms. The minimum absolute atomic E-state index is 0.569. The molecule has 0 aliphatic rings. The van der Waals surface area contributed by atoms with Gasteiger partial charge in [0, 0.05) is 32.7 Å². The molecule has 10 aromatic rings. The van der Waals surface area contributed by atoms with Gasteiger partial charge in [-0.05, 0) is 58.3 Å². The molecule has 0 unspecified atom stereocenters. The van der Waals surface area contributed by atoms with Crippen molar-refractivity contribution in [2.45, 2.75) is 0 Å². The Morgan fingerprint density at radius 1 is 0.417 bits per heavy atom. The predicted octanol–water partition coefficient (Wildman–Crippen LogP) is 11.0. The van der Waals surface area contributed by atoms with E-state index in [9.17, 15) is 0 Å². The van der Waals surface area contributed by atoms with E-state index in [2.05, 4.69) is 120 Å². The van der Waals surface area contributed by atoms with Crippen molar-refractivity contribution in [1.29, 1.82) is 0 Å². The maximum atomic E-state index is 6.52. The summed E-state index contributed by atoms with van der Waals surface area (Å²) in [5.41, 5.74) is 7.78. The first-order chi connectivity index (χ1) is 23.8. The molecule has 7 aromatic carbocycles. The van der Waals surface area contributed by atoms with Crippen molar-refractivity contribution in [3.05, 3.63) is 158 Å². The van der Waals surface area contributed by atoms with Crippen molar-refractivity contribution in [3.8, 4) is 39.9 Å². The zero-order chi connectivity index (χ0) is 31.6. The number of furan rings is 1. The molecular weight excluding hydrogens is 589 g/mol. The van der Waals surface area contributed by atoms with Gasteiger partial charge in [-0.2, -0.15) is 9.97 Å². The fourth-order valence-corrected chi connectivity index (χ4v) is 7.00. The number of fused-ring (bicyclic) bond motifs is 7. The van der Waals surface area contributed by atoms with E-state index in [1.165, 1.54) is 10.8 Å². The van der Waals surface area contributed by atoms with Gasteiger partial charge in [-0.1, -0.05) is 121 Å². The Labute approximate surface area is 275 Å². The van der Waals surface area contributed by atoms with Crippen LogP contribution in [-0.2, 0) is 0 Å². The van der Waals surface area contributed by atoms with Crippen LogP contribution in [0.1, 0.15) is 0 Å². The summed E-state index contributed by atoms with van der Waals surface area (Å²) in [5.74, 6) is 1.77. The van der Waals surface area contributed by atoms with Crippen molar-refractivity contribution in [1.82, 2.24) is 19.5 Å². The lowest BCUT2D eigenvalue weighted by Crippen LogP contribution is -2.06. The van der Waals surface area contributed by atoms with Crippen LogP contribution >= 0.6 is 0 Å². The highest BCUT2D eigenvalue weighted by atomic mass is 16.3. The molecule has 0 fully saturated rings. The molecule has 0 bridgehead atoms. The van der Waals surface area contributed by atoms with Gasteiger partial charge in [0.05, 0.1) is 11.0 Å². The van der Waals surface area contributed by atoms with E-state index in [-0.39, 0.29) is 0 Å². The van der Waals surface area contributed by atoms with Crippen LogP contribution in [0.5, 0.6) is 0 Å². The highest BCUT2D eigenvalue weighted by Crippen LogP contribution is 2.39. The summed E-state index contributed by atoms with van der Waals surface area (Å²) >= 11 is 0. The van der Waals surface area contributed by atoms with E-state index < -0.39 is 0 Å². The molecule has 3 aromatic heterocycles. The van der Waals surface area contributed by atoms with Crippen molar-refractivity contribution >= 4 is 54.5 Å². The van der Waals surface area contributed by atoms with Crippen LogP contribution in [0.15, 0.2) is 162 Å². The summed E-state index contributed by atoms with van der Waals surface area (Å²) in [4.78, 5) is 15.4. The van der Waals surface area contributed by atoms with Crippen LogP contribution in [-0.4, -0.2) is 19.5 Å². The summed E-state index contributed by atoms with van der Waals surface area (Å²) in [6.45, 7) is 0. The van der Waals surface area contributed by atoms with Crippen LogP contribution in [0.4, 0.5) is 0 Å². The van der Waals surface area contributed by atoms with Gasteiger partial charge < -0.3 is 4.42 Å². The van der Waals surface area contributed by atoms with Gasteiger partial charge in [0.15, 0.2) is 11.6 Å². The first-order valence-electron chi connectivity index (χ1n) is 16.0. The minimum atomic E-state index is 0.569. The molecule has 48 heavy (non-hydrogen) atoms. The quantitative estimate of drug-likeness (QED) is 0.198. The van der Waals surface area contributed by atoms with E-state index in [4.69, 9.17) is 19.4 Å². The Hall–Kier alpha value is -6.59. The summed E-state index contributed by atoms with van der Waals surface area (Å²) in [6, 6.07) is 54.5. The molecule has 3 heterocycles. The number of nitrogens with zero attached hydrogens (tertiary/aromatic N) is 4. The molecule has 5 nitrogen and oxygen atoms in total. The maximum absolute atomic E-state index is 6.52. The third kappa shape index (κ3) is 4.15. The lowest BCUT2D eigenvalue weighted by Gasteiger charge is -2.11. The molecule has 0 radical (unpaired) electrons. The molecule has 0 spiro atoms. The average molecular weight is 615 g/mol. The third-order valence-electron chi connectivity index (χ3n) is 9.26. The van der Waals surface area contributed by atoms with E-state index in [0.717, 1.165) is 66.0 Å². The monoisotopic (exact) mass is 614 g/mol.